The van der Waals surface area contributed by atoms with Gasteiger partial charge in [0.25, 0.3) is 5.91 Å². The number of nitrogens with zero attached hydrogens (tertiary/aromatic N) is 2. The first-order valence-corrected chi connectivity index (χ1v) is 6.97. The summed E-state index contributed by atoms with van der Waals surface area (Å²) < 4.78 is 0. The highest BCUT2D eigenvalue weighted by Gasteiger charge is 2.08. The van der Waals surface area contributed by atoms with E-state index in [1.54, 1.807) is 17.8 Å². The second-order valence-corrected chi connectivity index (χ2v) is 4.96. The molecule has 4 N–H and O–H groups in total. The summed E-state index contributed by atoms with van der Waals surface area (Å²) in [7, 11) is 0. The molecule has 100 valence electrons. The van der Waals surface area contributed by atoms with Gasteiger partial charge in [-0.1, -0.05) is 13.8 Å². The monoisotopic (exact) mass is 268 g/mol. The van der Waals surface area contributed by atoms with E-state index in [2.05, 4.69) is 23.7 Å². The number of hydrogen-bond donors (Lipinski definition) is 2. The van der Waals surface area contributed by atoms with Gasteiger partial charge in [0.05, 0.1) is 22.5 Å². The van der Waals surface area contributed by atoms with E-state index in [4.69, 9.17) is 11.5 Å². The van der Waals surface area contributed by atoms with Crippen LogP contribution in [0.3, 0.4) is 0 Å². The minimum atomic E-state index is -0.513. The quantitative estimate of drug-likeness (QED) is 0.726. The van der Waals surface area contributed by atoms with Gasteiger partial charge in [0, 0.05) is 12.3 Å². The van der Waals surface area contributed by atoms with E-state index in [0.29, 0.717) is 11.3 Å². The van der Waals surface area contributed by atoms with Crippen LogP contribution in [0.2, 0.25) is 0 Å². The maximum Gasteiger partial charge on any atom is 0.250 e. The van der Waals surface area contributed by atoms with Crippen LogP contribution in [0.25, 0.3) is 0 Å². The van der Waals surface area contributed by atoms with Crippen molar-refractivity contribution in [1.82, 2.24) is 9.88 Å². The molecule has 0 bridgehead atoms. The molecule has 0 aliphatic rings. The lowest BCUT2D eigenvalue weighted by atomic mass is 10.2. The maximum atomic E-state index is 11.1. The van der Waals surface area contributed by atoms with Crippen LogP contribution in [-0.4, -0.2) is 41.2 Å². The van der Waals surface area contributed by atoms with E-state index < -0.39 is 5.91 Å². The number of aromatic nitrogens is 1. The van der Waals surface area contributed by atoms with Gasteiger partial charge in [0.1, 0.15) is 0 Å². The zero-order valence-electron chi connectivity index (χ0n) is 10.8. The fraction of sp³-hybridized carbons (Fsp3) is 0.500. The molecule has 0 unspecified atom stereocenters. The van der Waals surface area contributed by atoms with Crippen LogP contribution in [0.15, 0.2) is 17.3 Å². The molecule has 1 amide bonds. The summed E-state index contributed by atoms with van der Waals surface area (Å²) in [6, 6.07) is 1.66. The van der Waals surface area contributed by atoms with Gasteiger partial charge in [0.15, 0.2) is 0 Å². The number of nitrogens with two attached hydrogens (primary N) is 2. The van der Waals surface area contributed by atoms with Crippen LogP contribution >= 0.6 is 11.8 Å². The summed E-state index contributed by atoms with van der Waals surface area (Å²) in [5.74, 6) is 0.414. The highest BCUT2D eigenvalue weighted by atomic mass is 32.2. The fourth-order valence-corrected chi connectivity index (χ4v) is 2.45. The topological polar surface area (TPSA) is 85.2 Å². The minimum absolute atomic E-state index is 0.329. The van der Waals surface area contributed by atoms with E-state index >= 15 is 0 Å². The molecule has 0 saturated heterocycles. The number of carbonyl (C=O) groups is 1. The Bertz CT molecular complexity index is 407. The normalized spacial score (nSPS) is 10.8. The predicted molar refractivity (Wildman–Crippen MR) is 75.7 cm³/mol. The number of anilines is 1. The van der Waals surface area contributed by atoms with Crippen LogP contribution in [-0.2, 0) is 0 Å². The van der Waals surface area contributed by atoms with Gasteiger partial charge in [-0.15, -0.1) is 11.8 Å². The number of hydrogen-bond acceptors (Lipinski definition) is 5. The molecular weight excluding hydrogens is 248 g/mol. The Labute approximate surface area is 112 Å². The molecule has 0 radical (unpaired) electrons. The average molecular weight is 268 g/mol. The lowest BCUT2D eigenvalue weighted by molar-refractivity contribution is 0.100. The van der Waals surface area contributed by atoms with E-state index in [9.17, 15) is 4.79 Å². The summed E-state index contributed by atoms with van der Waals surface area (Å²) >= 11 is 1.60. The Morgan fingerprint density at radius 2 is 2.11 bits per heavy atom. The van der Waals surface area contributed by atoms with Gasteiger partial charge >= 0.3 is 0 Å². The first-order valence-electron chi connectivity index (χ1n) is 5.99. The minimum Gasteiger partial charge on any atom is -0.397 e. The molecule has 6 heteroatoms. The summed E-state index contributed by atoms with van der Waals surface area (Å²) in [5.41, 5.74) is 11.5. The Hall–Kier alpha value is -1.27. The number of rotatable bonds is 7. The summed E-state index contributed by atoms with van der Waals surface area (Å²) in [5, 5.41) is 0.783. The number of thioether (sulfide) groups is 1. The van der Waals surface area contributed by atoms with Crippen LogP contribution in [0, 0.1) is 0 Å². The van der Waals surface area contributed by atoms with Gasteiger partial charge in [-0.25, -0.2) is 4.98 Å². The molecule has 0 fully saturated rings. The number of carbonyl (C=O) groups excluding carboxylic acids is 1. The van der Waals surface area contributed by atoms with Crippen molar-refractivity contribution >= 4 is 23.4 Å². The second kappa shape index (κ2) is 7.23. The van der Waals surface area contributed by atoms with E-state index in [-0.39, 0.29) is 0 Å². The molecule has 0 spiro atoms. The zero-order chi connectivity index (χ0) is 13.5. The number of amides is 1. The Morgan fingerprint density at radius 1 is 1.44 bits per heavy atom. The Morgan fingerprint density at radius 3 is 2.67 bits per heavy atom. The van der Waals surface area contributed by atoms with Crippen molar-refractivity contribution in [2.75, 3.05) is 31.1 Å². The predicted octanol–water partition coefficient (Wildman–Crippen LogP) is 1.20. The molecule has 5 nitrogen and oxygen atoms in total. The molecule has 0 aromatic carbocycles. The third-order valence-corrected chi connectivity index (χ3v) is 3.63. The van der Waals surface area contributed by atoms with Gasteiger partial charge in [-0.05, 0) is 19.2 Å². The van der Waals surface area contributed by atoms with Gasteiger partial charge in [-0.3, -0.25) is 4.79 Å². The molecule has 0 aliphatic heterocycles. The molecule has 1 aromatic heterocycles. The van der Waals surface area contributed by atoms with E-state index in [0.717, 1.165) is 30.4 Å². The largest absolute Gasteiger partial charge is 0.397 e. The van der Waals surface area contributed by atoms with Crippen molar-refractivity contribution in [2.24, 2.45) is 5.73 Å². The first kappa shape index (κ1) is 14.8. The van der Waals surface area contributed by atoms with Crippen molar-refractivity contribution in [2.45, 2.75) is 18.9 Å². The van der Waals surface area contributed by atoms with Gasteiger partial charge < -0.3 is 16.4 Å². The standard InChI is InChI=1S/C12H20N4OS/c1-3-16(4-2)5-6-18-11-7-9(12(14)17)10(13)8-15-11/h7-8H,3-6,13H2,1-2H3,(H2,14,17). The molecule has 1 heterocycles. The lowest BCUT2D eigenvalue weighted by Crippen LogP contribution is -2.25. The SMILES string of the molecule is CCN(CC)CCSc1cc(C(N)=O)c(N)cn1. The van der Waals surface area contributed by atoms with Crippen LogP contribution in [0.1, 0.15) is 24.2 Å². The van der Waals surface area contributed by atoms with Crippen molar-refractivity contribution in [3.05, 3.63) is 17.8 Å². The van der Waals surface area contributed by atoms with Gasteiger partial charge in [0.2, 0.25) is 0 Å². The lowest BCUT2D eigenvalue weighted by Gasteiger charge is -2.17. The summed E-state index contributed by atoms with van der Waals surface area (Å²) in [4.78, 5) is 17.7. The highest BCUT2D eigenvalue weighted by molar-refractivity contribution is 7.99. The van der Waals surface area contributed by atoms with Crippen molar-refractivity contribution in [3.63, 3.8) is 0 Å². The summed E-state index contributed by atoms with van der Waals surface area (Å²) in [6.07, 6.45) is 1.49. The molecule has 0 aliphatic carbocycles. The Balaban J connectivity index is 2.58. The van der Waals surface area contributed by atoms with Crippen molar-refractivity contribution < 1.29 is 4.79 Å². The zero-order valence-corrected chi connectivity index (χ0v) is 11.7. The van der Waals surface area contributed by atoms with Crippen LogP contribution < -0.4 is 11.5 Å². The van der Waals surface area contributed by atoms with Gasteiger partial charge in [-0.2, -0.15) is 0 Å². The highest BCUT2D eigenvalue weighted by Crippen LogP contribution is 2.19. The Kier molecular flexibility index (Phi) is 5.94. The van der Waals surface area contributed by atoms with Crippen molar-refractivity contribution in [3.8, 4) is 0 Å². The molecule has 1 rings (SSSR count). The average Bonchev–Trinajstić information content (AvgIpc) is 2.36. The smallest absolute Gasteiger partial charge is 0.250 e. The molecule has 0 saturated carbocycles. The van der Waals surface area contributed by atoms with Crippen molar-refractivity contribution in [1.29, 1.82) is 0 Å². The first-order chi connectivity index (χ1) is 8.58. The molecule has 0 atom stereocenters. The van der Waals surface area contributed by atoms with E-state index in [1.807, 2.05) is 0 Å². The molecule has 18 heavy (non-hydrogen) atoms. The fourth-order valence-electron chi connectivity index (χ4n) is 1.56. The third-order valence-electron chi connectivity index (χ3n) is 2.73. The molecule has 1 aromatic rings. The summed E-state index contributed by atoms with van der Waals surface area (Å²) in [6.45, 7) is 7.36. The third kappa shape index (κ3) is 4.19. The second-order valence-electron chi connectivity index (χ2n) is 3.85. The van der Waals surface area contributed by atoms with Crippen LogP contribution in [0.5, 0.6) is 0 Å². The number of nitrogen functional groups attached to an aromatic ring is 1. The number of pyridine rings is 1. The number of primary amides is 1. The maximum absolute atomic E-state index is 11.1. The van der Waals surface area contributed by atoms with Crippen LogP contribution in [0.4, 0.5) is 5.69 Å². The molecular formula is C12H20N4OS. The van der Waals surface area contributed by atoms with E-state index in [1.165, 1.54) is 6.20 Å².